The fourth-order valence-electron chi connectivity index (χ4n) is 2.92. The lowest BCUT2D eigenvalue weighted by atomic mass is 9.88. The molecule has 0 aromatic heterocycles. The van der Waals surface area contributed by atoms with E-state index in [1.165, 1.54) is 38.5 Å². The smallest absolute Gasteiger partial charge is 0.382 e. The molecular weight excluding hydrogens is 387 g/mol. The van der Waals surface area contributed by atoms with Gasteiger partial charge in [-0.2, -0.15) is 0 Å². The van der Waals surface area contributed by atoms with E-state index in [1.54, 1.807) is 0 Å². The van der Waals surface area contributed by atoms with Gasteiger partial charge in [-0.1, -0.05) is 71.1 Å². The van der Waals surface area contributed by atoms with E-state index in [2.05, 4.69) is 11.4 Å². The average molecular weight is 424 g/mol. The van der Waals surface area contributed by atoms with Gasteiger partial charge in [0.05, 0.1) is 6.61 Å². The lowest BCUT2D eigenvalue weighted by molar-refractivity contribution is -0.163. The highest BCUT2D eigenvalue weighted by atomic mass is 31.2. The quantitative estimate of drug-likeness (QED) is 0.194. The molecule has 0 aliphatic heterocycles. The summed E-state index contributed by atoms with van der Waals surface area (Å²) in [4.78, 5) is 41.1. The lowest BCUT2D eigenvalue weighted by Gasteiger charge is -2.29. The van der Waals surface area contributed by atoms with Gasteiger partial charge < -0.3 is 20.0 Å². The predicted octanol–water partition coefficient (Wildman–Crippen LogP) is 3.05. The molecule has 8 nitrogen and oxygen atoms in total. The summed E-state index contributed by atoms with van der Waals surface area (Å²) in [7, 11) is -4.95. The van der Waals surface area contributed by atoms with Crippen LogP contribution in [0.2, 0.25) is 0 Å². The van der Waals surface area contributed by atoms with Gasteiger partial charge in [-0.15, -0.1) is 0 Å². The van der Waals surface area contributed by atoms with Gasteiger partial charge in [-0.25, -0.2) is 4.57 Å². The minimum absolute atomic E-state index is 0.0241. The normalized spacial score (nSPS) is 15.2. The van der Waals surface area contributed by atoms with Crippen molar-refractivity contribution in [1.82, 2.24) is 0 Å². The van der Waals surface area contributed by atoms with E-state index in [4.69, 9.17) is 9.79 Å². The number of rotatable bonds is 18. The third-order valence-electron chi connectivity index (χ3n) is 4.85. The van der Waals surface area contributed by atoms with Crippen LogP contribution in [0.15, 0.2) is 0 Å². The number of phosphoric acid groups is 1. The molecule has 0 amide bonds. The fourth-order valence-corrected chi connectivity index (χ4v) is 3.29. The Kier molecular flexibility index (Phi) is 14.0. The molecule has 0 aromatic rings. The standard InChI is InChI=1S/C19H37O8P/c1-3-4-5-6-7-8-9-10-11-12-13-14-17(21)18(22)19(23,16(2)20)15-27-28(24,25)26/h18,22-23H,3-15H2,1-2H3,(H2,24,25,26). The first kappa shape index (κ1) is 27.4. The molecule has 0 bridgehead atoms. The van der Waals surface area contributed by atoms with E-state index in [-0.39, 0.29) is 6.42 Å². The molecule has 28 heavy (non-hydrogen) atoms. The minimum atomic E-state index is -4.95. The number of ketones is 2. The van der Waals surface area contributed by atoms with Gasteiger partial charge in [0.25, 0.3) is 0 Å². The maximum Gasteiger partial charge on any atom is 0.469 e. The number of carbonyl (C=O) groups is 2. The van der Waals surface area contributed by atoms with Crippen molar-refractivity contribution in [3.8, 4) is 0 Å². The number of aliphatic hydroxyl groups is 2. The van der Waals surface area contributed by atoms with Gasteiger partial charge >= 0.3 is 7.82 Å². The third kappa shape index (κ3) is 12.0. The van der Waals surface area contributed by atoms with Crippen molar-refractivity contribution in [3.05, 3.63) is 0 Å². The highest BCUT2D eigenvalue weighted by Crippen LogP contribution is 2.37. The first-order valence-electron chi connectivity index (χ1n) is 10.2. The molecule has 0 aromatic carbocycles. The number of phosphoric ester groups is 1. The molecule has 0 saturated carbocycles. The van der Waals surface area contributed by atoms with Crippen molar-refractivity contribution in [1.29, 1.82) is 0 Å². The SMILES string of the molecule is CCCCCCCCCCCCCC(=O)C(O)C(O)(COP(=O)(O)O)C(C)=O. The minimum Gasteiger partial charge on any atom is -0.382 e. The molecule has 0 fully saturated rings. The average Bonchev–Trinajstić information content (AvgIpc) is 2.62. The van der Waals surface area contributed by atoms with Crippen molar-refractivity contribution < 1.29 is 38.7 Å². The van der Waals surface area contributed by atoms with Crippen LogP contribution in [-0.4, -0.2) is 49.9 Å². The largest absolute Gasteiger partial charge is 0.469 e. The molecule has 0 rings (SSSR count). The maximum absolute atomic E-state index is 12.1. The lowest BCUT2D eigenvalue weighted by Crippen LogP contribution is -2.55. The summed E-state index contributed by atoms with van der Waals surface area (Å²) < 4.78 is 14.9. The van der Waals surface area contributed by atoms with Gasteiger partial charge in [0, 0.05) is 6.42 Å². The zero-order valence-electron chi connectivity index (χ0n) is 17.1. The molecule has 0 aliphatic rings. The Morgan fingerprint density at radius 2 is 1.36 bits per heavy atom. The second-order valence-electron chi connectivity index (χ2n) is 7.40. The van der Waals surface area contributed by atoms with E-state index >= 15 is 0 Å². The Morgan fingerprint density at radius 3 is 1.75 bits per heavy atom. The number of Topliss-reactive ketones (excluding diaryl/α,β-unsaturated/α-hetero) is 2. The molecule has 0 spiro atoms. The topological polar surface area (TPSA) is 141 Å². The number of carbonyl (C=O) groups excluding carboxylic acids is 2. The fraction of sp³-hybridized carbons (Fsp3) is 0.895. The zero-order chi connectivity index (χ0) is 21.6. The summed E-state index contributed by atoms with van der Waals surface area (Å²) in [6.45, 7) is 1.96. The second kappa shape index (κ2) is 14.4. The van der Waals surface area contributed by atoms with Crippen LogP contribution in [0.1, 0.15) is 90.9 Å². The van der Waals surface area contributed by atoms with Crippen molar-refractivity contribution in [3.63, 3.8) is 0 Å². The van der Waals surface area contributed by atoms with Crippen LogP contribution in [0.25, 0.3) is 0 Å². The van der Waals surface area contributed by atoms with Crippen molar-refractivity contribution >= 4 is 19.4 Å². The Balaban J connectivity index is 4.09. The summed E-state index contributed by atoms with van der Waals surface area (Å²) in [5, 5.41) is 20.2. The Morgan fingerprint density at radius 1 is 0.929 bits per heavy atom. The Hall–Kier alpha value is -0.630. The van der Waals surface area contributed by atoms with Gasteiger partial charge in [0.1, 0.15) is 0 Å². The van der Waals surface area contributed by atoms with Crippen LogP contribution < -0.4 is 0 Å². The molecule has 0 radical (unpaired) electrons. The molecule has 0 aliphatic carbocycles. The van der Waals surface area contributed by atoms with Crippen LogP contribution in [0, 0.1) is 0 Å². The predicted molar refractivity (Wildman–Crippen MR) is 106 cm³/mol. The van der Waals surface area contributed by atoms with Crippen molar-refractivity contribution in [2.75, 3.05) is 6.61 Å². The molecule has 9 heteroatoms. The van der Waals surface area contributed by atoms with Gasteiger partial charge in [0.15, 0.2) is 23.3 Å². The van der Waals surface area contributed by atoms with Crippen LogP contribution >= 0.6 is 7.82 Å². The van der Waals surface area contributed by atoms with E-state index in [9.17, 15) is 24.4 Å². The molecule has 166 valence electrons. The summed E-state index contributed by atoms with van der Waals surface area (Å²) in [6, 6.07) is 0. The second-order valence-corrected chi connectivity index (χ2v) is 8.64. The summed E-state index contributed by atoms with van der Waals surface area (Å²) in [6.07, 6.45) is 10.0. The van der Waals surface area contributed by atoms with E-state index in [0.717, 1.165) is 32.6 Å². The Bertz CT molecular complexity index is 504. The number of unbranched alkanes of at least 4 members (excludes halogenated alkanes) is 10. The van der Waals surface area contributed by atoms with Crippen molar-refractivity contribution in [2.24, 2.45) is 0 Å². The van der Waals surface area contributed by atoms with E-state index in [0.29, 0.717) is 6.42 Å². The molecule has 2 atom stereocenters. The van der Waals surface area contributed by atoms with E-state index in [1.807, 2.05) is 0 Å². The van der Waals surface area contributed by atoms with Gasteiger partial charge in [0.2, 0.25) is 0 Å². The summed E-state index contributed by atoms with van der Waals surface area (Å²) in [5.41, 5.74) is -2.67. The first-order chi connectivity index (χ1) is 13.0. The summed E-state index contributed by atoms with van der Waals surface area (Å²) >= 11 is 0. The van der Waals surface area contributed by atoms with Crippen LogP contribution in [0.4, 0.5) is 0 Å². The third-order valence-corrected chi connectivity index (χ3v) is 5.31. The monoisotopic (exact) mass is 424 g/mol. The maximum atomic E-state index is 12.1. The number of hydrogen-bond acceptors (Lipinski definition) is 6. The highest BCUT2D eigenvalue weighted by Gasteiger charge is 2.45. The van der Waals surface area contributed by atoms with Crippen molar-refractivity contribution in [2.45, 2.75) is 103 Å². The van der Waals surface area contributed by atoms with Gasteiger partial charge in [-0.05, 0) is 13.3 Å². The molecule has 2 unspecified atom stereocenters. The van der Waals surface area contributed by atoms with E-state index < -0.39 is 37.7 Å². The number of hydrogen-bond donors (Lipinski definition) is 4. The Labute approximate surface area is 167 Å². The highest BCUT2D eigenvalue weighted by molar-refractivity contribution is 7.46. The van der Waals surface area contributed by atoms with Crippen LogP contribution in [-0.2, 0) is 18.7 Å². The first-order valence-corrected chi connectivity index (χ1v) is 11.7. The molecule has 4 N–H and O–H groups in total. The molecule has 0 saturated heterocycles. The molecule has 0 heterocycles. The zero-order valence-corrected chi connectivity index (χ0v) is 18.0. The number of aliphatic hydroxyl groups excluding tert-OH is 1. The summed E-state index contributed by atoms with van der Waals surface area (Å²) in [5.74, 6) is -1.75. The van der Waals surface area contributed by atoms with Gasteiger partial charge in [-0.3, -0.25) is 14.1 Å². The molecular formula is C19H37O8P. The van der Waals surface area contributed by atoms with Crippen LogP contribution in [0.3, 0.4) is 0 Å². The van der Waals surface area contributed by atoms with Crippen LogP contribution in [0.5, 0.6) is 0 Å².